The van der Waals surface area contributed by atoms with Crippen LogP contribution < -0.4 is 5.73 Å². The molecule has 0 radical (unpaired) electrons. The summed E-state index contributed by atoms with van der Waals surface area (Å²) in [6, 6.07) is 1.95. The maximum Gasteiger partial charge on any atom is 0.264 e. The van der Waals surface area contributed by atoms with Gasteiger partial charge in [-0.1, -0.05) is 0 Å². The number of nitrogens with zero attached hydrogens (tertiary/aromatic N) is 1. The summed E-state index contributed by atoms with van der Waals surface area (Å²) in [6.45, 7) is 1.50. The van der Waals surface area contributed by atoms with Crippen molar-refractivity contribution in [3.63, 3.8) is 0 Å². The first-order valence-corrected chi connectivity index (χ1v) is 6.32. The summed E-state index contributed by atoms with van der Waals surface area (Å²) in [7, 11) is 0. The number of thiophene rings is 1. The van der Waals surface area contributed by atoms with Gasteiger partial charge in [-0.05, 0) is 18.9 Å². The molecule has 2 heterocycles. The van der Waals surface area contributed by atoms with E-state index in [2.05, 4.69) is 12.6 Å². The molecule has 2 N–H and O–H groups in total. The van der Waals surface area contributed by atoms with Gasteiger partial charge in [-0.2, -0.15) is 0 Å². The molecule has 1 unspecified atom stereocenters. The van der Waals surface area contributed by atoms with Crippen molar-refractivity contribution < 1.29 is 4.79 Å². The number of hydrogen-bond donors (Lipinski definition) is 2. The number of carbonyl (C=O) groups excluding carboxylic acids is 1. The van der Waals surface area contributed by atoms with Crippen molar-refractivity contribution in [2.24, 2.45) is 5.73 Å². The van der Waals surface area contributed by atoms with Crippen molar-refractivity contribution in [1.29, 1.82) is 0 Å². The molecule has 1 aromatic rings. The van der Waals surface area contributed by atoms with Crippen LogP contribution in [-0.2, 0) is 0 Å². The number of hydrogen-bond acceptors (Lipinski definition) is 4. The van der Waals surface area contributed by atoms with Crippen LogP contribution in [0.2, 0.25) is 0 Å². The zero-order valence-corrected chi connectivity index (χ0v) is 10.1. The van der Waals surface area contributed by atoms with Crippen LogP contribution in [0.3, 0.4) is 0 Å². The fourth-order valence-corrected chi connectivity index (χ4v) is 2.90. The molecule has 1 aromatic heterocycles. The Labute approximate surface area is 98.7 Å². The molecule has 1 saturated heterocycles. The summed E-state index contributed by atoms with van der Waals surface area (Å²) in [5.74, 6) is 0.0930. The van der Waals surface area contributed by atoms with Crippen LogP contribution in [0.25, 0.3) is 0 Å². The van der Waals surface area contributed by atoms with Gasteiger partial charge in [0.2, 0.25) is 0 Å². The molecule has 1 fully saturated rings. The average molecular weight is 242 g/mol. The molecule has 0 bridgehead atoms. The third-order valence-corrected chi connectivity index (χ3v) is 3.89. The van der Waals surface area contributed by atoms with Crippen molar-refractivity contribution in [2.45, 2.75) is 23.8 Å². The van der Waals surface area contributed by atoms with Crippen LogP contribution >= 0.6 is 24.0 Å². The molecule has 82 valence electrons. The minimum Gasteiger partial charge on any atom is -0.336 e. The second kappa shape index (κ2) is 4.55. The Balaban J connectivity index is 2.07. The standard InChI is InChI=1S/C10H14N2OS2/c11-7-2-1-3-12(5-7)10(13)9-4-8(14)6-15-9/h4,6-7,14H,1-3,5,11H2. The molecule has 2 rings (SSSR count). The second-order valence-electron chi connectivity index (χ2n) is 3.82. The van der Waals surface area contributed by atoms with Crippen LogP contribution in [-0.4, -0.2) is 29.9 Å². The number of rotatable bonds is 1. The SMILES string of the molecule is NC1CCCN(C(=O)c2cc(S)cs2)C1. The first-order chi connectivity index (χ1) is 7.16. The topological polar surface area (TPSA) is 46.3 Å². The first kappa shape index (κ1) is 11.0. The zero-order chi connectivity index (χ0) is 10.8. The van der Waals surface area contributed by atoms with Crippen LogP contribution in [0.1, 0.15) is 22.5 Å². The summed E-state index contributed by atoms with van der Waals surface area (Å²) >= 11 is 5.64. The minimum atomic E-state index is 0.0930. The molecule has 0 aromatic carbocycles. The summed E-state index contributed by atoms with van der Waals surface area (Å²) < 4.78 is 0. The predicted octanol–water partition coefficient (Wildman–Crippen LogP) is 1.60. The summed E-state index contributed by atoms with van der Waals surface area (Å²) in [5, 5.41) is 1.88. The highest BCUT2D eigenvalue weighted by molar-refractivity contribution is 7.80. The van der Waals surface area contributed by atoms with Crippen LogP contribution in [0.15, 0.2) is 16.3 Å². The van der Waals surface area contributed by atoms with E-state index in [0.29, 0.717) is 6.54 Å². The molecule has 3 nitrogen and oxygen atoms in total. The number of carbonyl (C=O) groups is 1. The number of nitrogens with two attached hydrogens (primary N) is 1. The predicted molar refractivity (Wildman–Crippen MR) is 64.7 cm³/mol. The molecule has 1 aliphatic heterocycles. The van der Waals surface area contributed by atoms with E-state index in [0.717, 1.165) is 29.2 Å². The van der Waals surface area contributed by atoms with E-state index in [-0.39, 0.29) is 11.9 Å². The third-order valence-electron chi connectivity index (χ3n) is 2.54. The van der Waals surface area contributed by atoms with Crippen LogP contribution in [0.4, 0.5) is 0 Å². The molecule has 1 aliphatic rings. The lowest BCUT2D eigenvalue weighted by atomic mass is 10.1. The van der Waals surface area contributed by atoms with Crippen molar-refractivity contribution in [3.8, 4) is 0 Å². The van der Waals surface area contributed by atoms with Gasteiger partial charge in [0, 0.05) is 29.4 Å². The number of thiol groups is 1. The van der Waals surface area contributed by atoms with E-state index in [1.807, 2.05) is 16.3 Å². The monoisotopic (exact) mass is 242 g/mol. The van der Waals surface area contributed by atoms with Crippen LogP contribution in [0, 0.1) is 0 Å². The smallest absolute Gasteiger partial charge is 0.264 e. The summed E-state index contributed by atoms with van der Waals surface area (Å²) in [4.78, 5) is 15.5. The lowest BCUT2D eigenvalue weighted by molar-refractivity contribution is 0.0713. The number of amides is 1. The van der Waals surface area contributed by atoms with E-state index < -0.39 is 0 Å². The average Bonchev–Trinajstić information content (AvgIpc) is 2.64. The molecule has 5 heteroatoms. The largest absolute Gasteiger partial charge is 0.336 e. The van der Waals surface area contributed by atoms with Crippen molar-refractivity contribution >= 4 is 29.9 Å². The van der Waals surface area contributed by atoms with Gasteiger partial charge in [0.25, 0.3) is 5.91 Å². The molecular weight excluding hydrogens is 228 g/mol. The van der Waals surface area contributed by atoms with E-state index in [1.165, 1.54) is 11.3 Å². The quantitative estimate of drug-likeness (QED) is 0.735. The Hall–Kier alpha value is -0.520. The lowest BCUT2D eigenvalue weighted by Gasteiger charge is -2.30. The third kappa shape index (κ3) is 2.53. The lowest BCUT2D eigenvalue weighted by Crippen LogP contribution is -2.45. The van der Waals surface area contributed by atoms with E-state index in [9.17, 15) is 4.79 Å². The molecule has 1 amide bonds. The normalized spacial score (nSPS) is 21.7. The maximum atomic E-state index is 12.0. The van der Waals surface area contributed by atoms with Gasteiger partial charge in [-0.25, -0.2) is 0 Å². The summed E-state index contributed by atoms with van der Waals surface area (Å²) in [6.07, 6.45) is 2.03. The van der Waals surface area contributed by atoms with Crippen molar-refractivity contribution in [1.82, 2.24) is 4.90 Å². The Morgan fingerprint density at radius 2 is 2.47 bits per heavy atom. The van der Waals surface area contributed by atoms with Gasteiger partial charge in [-0.15, -0.1) is 24.0 Å². The maximum absolute atomic E-state index is 12.0. The highest BCUT2D eigenvalue weighted by Gasteiger charge is 2.22. The van der Waals surface area contributed by atoms with Gasteiger partial charge < -0.3 is 10.6 Å². The number of piperidine rings is 1. The van der Waals surface area contributed by atoms with Gasteiger partial charge in [0.15, 0.2) is 0 Å². The Kier molecular flexibility index (Phi) is 3.33. The molecule has 0 saturated carbocycles. The molecule has 1 atom stereocenters. The zero-order valence-electron chi connectivity index (χ0n) is 8.35. The fraction of sp³-hybridized carbons (Fsp3) is 0.500. The van der Waals surface area contributed by atoms with Crippen molar-refractivity contribution in [2.75, 3.05) is 13.1 Å². The van der Waals surface area contributed by atoms with Gasteiger partial charge >= 0.3 is 0 Å². The van der Waals surface area contributed by atoms with Crippen molar-refractivity contribution in [3.05, 3.63) is 16.3 Å². The van der Waals surface area contributed by atoms with Gasteiger partial charge in [-0.3, -0.25) is 4.79 Å². The fourth-order valence-electron chi connectivity index (χ4n) is 1.79. The molecule has 0 aliphatic carbocycles. The van der Waals surface area contributed by atoms with E-state index in [1.54, 1.807) is 0 Å². The molecular formula is C10H14N2OS2. The number of likely N-dealkylation sites (tertiary alicyclic amines) is 1. The Morgan fingerprint density at radius 1 is 1.67 bits per heavy atom. The first-order valence-electron chi connectivity index (χ1n) is 4.99. The molecule has 0 spiro atoms. The van der Waals surface area contributed by atoms with E-state index in [4.69, 9.17) is 5.73 Å². The Morgan fingerprint density at radius 3 is 3.07 bits per heavy atom. The highest BCUT2D eigenvalue weighted by atomic mass is 32.1. The van der Waals surface area contributed by atoms with E-state index >= 15 is 0 Å². The summed E-state index contributed by atoms with van der Waals surface area (Å²) in [5.41, 5.74) is 5.84. The van der Waals surface area contributed by atoms with Crippen LogP contribution in [0.5, 0.6) is 0 Å². The molecule has 15 heavy (non-hydrogen) atoms. The second-order valence-corrected chi connectivity index (χ2v) is 5.25. The van der Waals surface area contributed by atoms with Gasteiger partial charge in [0.1, 0.15) is 0 Å². The van der Waals surface area contributed by atoms with Gasteiger partial charge in [0.05, 0.1) is 4.88 Å². The Bertz CT molecular complexity index is 364. The minimum absolute atomic E-state index is 0.0930. The highest BCUT2D eigenvalue weighted by Crippen LogP contribution is 2.21.